The van der Waals surface area contributed by atoms with Crippen LogP contribution in [-0.2, 0) is 13.5 Å². The van der Waals surface area contributed by atoms with Gasteiger partial charge in [-0.2, -0.15) is 5.10 Å². The summed E-state index contributed by atoms with van der Waals surface area (Å²) in [5.41, 5.74) is 2.34. The summed E-state index contributed by atoms with van der Waals surface area (Å²) in [6.07, 6.45) is 5.18. The molecule has 1 N–H and O–H groups in total. The summed E-state index contributed by atoms with van der Waals surface area (Å²) in [6, 6.07) is 0. The summed E-state index contributed by atoms with van der Waals surface area (Å²) in [7, 11) is 1.95. The van der Waals surface area contributed by atoms with E-state index in [2.05, 4.69) is 31.2 Å². The first-order chi connectivity index (χ1) is 8.62. The molecule has 0 aromatic carbocycles. The minimum Gasteiger partial charge on any atom is -0.332 e. The van der Waals surface area contributed by atoms with Gasteiger partial charge in [-0.15, -0.1) is 0 Å². The van der Waals surface area contributed by atoms with E-state index in [9.17, 15) is 0 Å². The van der Waals surface area contributed by atoms with Crippen LogP contribution < -0.4 is 5.32 Å². The Hall–Kier alpha value is -0.970. The quantitative estimate of drug-likeness (QED) is 0.910. The Morgan fingerprint density at radius 3 is 2.67 bits per heavy atom. The van der Waals surface area contributed by atoms with Gasteiger partial charge >= 0.3 is 0 Å². The van der Waals surface area contributed by atoms with Crippen molar-refractivity contribution in [2.75, 3.05) is 11.1 Å². The highest BCUT2D eigenvalue weighted by molar-refractivity contribution is 8.14. The van der Waals surface area contributed by atoms with E-state index in [4.69, 9.17) is 4.99 Å². The number of aliphatic imine (C=N–C) groups is 1. The summed E-state index contributed by atoms with van der Waals surface area (Å²) in [4.78, 5) is 4.87. The van der Waals surface area contributed by atoms with Crippen molar-refractivity contribution in [2.45, 2.75) is 45.6 Å². The van der Waals surface area contributed by atoms with Gasteiger partial charge in [0, 0.05) is 19.0 Å². The molecule has 100 valence electrons. The number of nitrogens with zero attached hydrogens (tertiary/aromatic N) is 3. The highest BCUT2D eigenvalue weighted by Gasteiger charge is 2.32. The zero-order chi connectivity index (χ0) is 13.2. The van der Waals surface area contributed by atoms with E-state index in [0.29, 0.717) is 0 Å². The fourth-order valence-corrected chi connectivity index (χ4v) is 3.49. The second-order valence-corrected chi connectivity index (χ2v) is 5.74. The second kappa shape index (κ2) is 5.34. The SMILES string of the molecule is CCc1nn(C)cc1NC1=NC(CC)(CC)CS1. The van der Waals surface area contributed by atoms with Gasteiger partial charge < -0.3 is 5.32 Å². The van der Waals surface area contributed by atoms with E-state index < -0.39 is 0 Å². The lowest BCUT2D eigenvalue weighted by Crippen LogP contribution is -2.24. The first-order valence-corrected chi connectivity index (χ1v) is 7.63. The minimum atomic E-state index is 0.140. The lowest BCUT2D eigenvalue weighted by atomic mass is 9.97. The van der Waals surface area contributed by atoms with Crippen molar-refractivity contribution in [1.82, 2.24) is 9.78 Å². The minimum absolute atomic E-state index is 0.140. The molecule has 0 fully saturated rings. The molecule has 0 saturated carbocycles. The zero-order valence-electron chi connectivity index (χ0n) is 11.7. The zero-order valence-corrected chi connectivity index (χ0v) is 12.5. The fourth-order valence-electron chi connectivity index (χ4n) is 2.17. The van der Waals surface area contributed by atoms with Gasteiger partial charge in [-0.3, -0.25) is 9.67 Å². The highest BCUT2D eigenvalue weighted by Crippen LogP contribution is 2.34. The second-order valence-electron chi connectivity index (χ2n) is 4.78. The molecular formula is C13H22N4S. The monoisotopic (exact) mass is 266 g/mol. The van der Waals surface area contributed by atoms with Crippen LogP contribution >= 0.6 is 11.8 Å². The Balaban J connectivity index is 2.15. The molecule has 4 nitrogen and oxygen atoms in total. The first kappa shape index (κ1) is 13.5. The summed E-state index contributed by atoms with van der Waals surface area (Å²) < 4.78 is 1.86. The standard InChI is InChI=1S/C13H22N4S/c1-5-10-11(8-17(4)16-10)14-12-15-13(6-2,7-3)9-18-12/h8H,5-7,9H2,1-4H3,(H,14,15). The first-order valence-electron chi connectivity index (χ1n) is 6.64. The Morgan fingerprint density at radius 2 is 2.11 bits per heavy atom. The number of anilines is 1. The van der Waals surface area contributed by atoms with E-state index in [0.717, 1.165) is 41.6 Å². The fraction of sp³-hybridized carbons (Fsp3) is 0.692. The van der Waals surface area contributed by atoms with E-state index >= 15 is 0 Å². The molecule has 2 heterocycles. The van der Waals surface area contributed by atoms with Gasteiger partial charge in [0.05, 0.1) is 16.9 Å². The molecule has 0 bridgehead atoms. The summed E-state index contributed by atoms with van der Waals surface area (Å²) in [5, 5.41) is 8.91. The summed E-state index contributed by atoms with van der Waals surface area (Å²) in [6.45, 7) is 6.57. The number of aryl methyl sites for hydroxylation is 2. The van der Waals surface area contributed by atoms with Crippen LogP contribution in [0.25, 0.3) is 0 Å². The van der Waals surface area contributed by atoms with Gasteiger partial charge in [0.1, 0.15) is 0 Å². The molecule has 5 heteroatoms. The molecule has 1 aromatic heterocycles. The number of aromatic nitrogens is 2. The van der Waals surface area contributed by atoms with Crippen molar-refractivity contribution in [3.05, 3.63) is 11.9 Å². The van der Waals surface area contributed by atoms with Crippen LogP contribution in [0.2, 0.25) is 0 Å². The number of thioether (sulfide) groups is 1. The van der Waals surface area contributed by atoms with Crippen molar-refractivity contribution in [3.8, 4) is 0 Å². The molecule has 0 atom stereocenters. The molecule has 18 heavy (non-hydrogen) atoms. The largest absolute Gasteiger partial charge is 0.332 e. The van der Waals surface area contributed by atoms with E-state index in [1.807, 2.05) is 29.7 Å². The molecule has 0 aliphatic carbocycles. The van der Waals surface area contributed by atoms with Gasteiger partial charge in [-0.1, -0.05) is 32.5 Å². The van der Waals surface area contributed by atoms with Crippen molar-refractivity contribution < 1.29 is 0 Å². The van der Waals surface area contributed by atoms with Crippen molar-refractivity contribution >= 4 is 22.6 Å². The van der Waals surface area contributed by atoms with Gasteiger partial charge in [0.25, 0.3) is 0 Å². The van der Waals surface area contributed by atoms with E-state index in [1.54, 1.807) is 0 Å². The Bertz CT molecular complexity index is 446. The summed E-state index contributed by atoms with van der Waals surface area (Å²) >= 11 is 1.82. The lowest BCUT2D eigenvalue weighted by Gasteiger charge is -2.20. The van der Waals surface area contributed by atoms with Crippen LogP contribution in [0.5, 0.6) is 0 Å². The molecule has 1 aliphatic heterocycles. The third-order valence-corrected chi connectivity index (χ3v) is 4.76. The van der Waals surface area contributed by atoms with Gasteiger partial charge in [0.15, 0.2) is 5.17 Å². The Kier molecular flexibility index (Phi) is 4.00. The van der Waals surface area contributed by atoms with Gasteiger partial charge in [-0.25, -0.2) is 0 Å². The lowest BCUT2D eigenvalue weighted by molar-refractivity contribution is 0.456. The molecule has 0 spiro atoms. The smallest absolute Gasteiger partial charge is 0.161 e. The molecule has 1 aliphatic rings. The molecule has 1 aromatic rings. The van der Waals surface area contributed by atoms with E-state index in [-0.39, 0.29) is 5.54 Å². The van der Waals surface area contributed by atoms with Crippen LogP contribution in [0.1, 0.15) is 39.3 Å². The molecule has 0 radical (unpaired) electrons. The maximum absolute atomic E-state index is 4.87. The van der Waals surface area contributed by atoms with Crippen LogP contribution in [-0.4, -0.2) is 26.2 Å². The van der Waals surface area contributed by atoms with Crippen LogP contribution in [0.4, 0.5) is 5.69 Å². The molecule has 2 rings (SSSR count). The topological polar surface area (TPSA) is 42.2 Å². The molecule has 0 saturated heterocycles. The third kappa shape index (κ3) is 2.55. The highest BCUT2D eigenvalue weighted by atomic mass is 32.2. The molecular weight excluding hydrogens is 244 g/mol. The maximum Gasteiger partial charge on any atom is 0.161 e. The van der Waals surface area contributed by atoms with Crippen molar-refractivity contribution in [3.63, 3.8) is 0 Å². The predicted molar refractivity (Wildman–Crippen MR) is 79.4 cm³/mol. The Morgan fingerprint density at radius 1 is 1.39 bits per heavy atom. The third-order valence-electron chi connectivity index (χ3n) is 3.61. The normalized spacial score (nSPS) is 17.9. The number of nitrogens with one attached hydrogen (secondary N) is 1. The number of hydrogen-bond donors (Lipinski definition) is 1. The number of hydrogen-bond acceptors (Lipinski definition) is 4. The van der Waals surface area contributed by atoms with Crippen molar-refractivity contribution in [2.24, 2.45) is 12.0 Å². The van der Waals surface area contributed by atoms with Crippen molar-refractivity contribution in [1.29, 1.82) is 0 Å². The van der Waals surface area contributed by atoms with Crippen LogP contribution in [0.15, 0.2) is 11.2 Å². The van der Waals surface area contributed by atoms with Crippen LogP contribution in [0.3, 0.4) is 0 Å². The number of amidine groups is 1. The average Bonchev–Trinajstić information content (AvgIpc) is 2.94. The summed E-state index contributed by atoms with van der Waals surface area (Å²) in [5.74, 6) is 1.09. The van der Waals surface area contributed by atoms with Gasteiger partial charge in [-0.05, 0) is 19.3 Å². The molecule has 0 unspecified atom stereocenters. The van der Waals surface area contributed by atoms with Gasteiger partial charge in [0.2, 0.25) is 0 Å². The predicted octanol–water partition coefficient (Wildman–Crippen LogP) is 3.06. The van der Waals surface area contributed by atoms with E-state index in [1.165, 1.54) is 0 Å². The number of rotatable bonds is 4. The maximum atomic E-state index is 4.87. The Labute approximate surface area is 113 Å². The average molecular weight is 266 g/mol. The molecule has 0 amide bonds. The van der Waals surface area contributed by atoms with Crippen LogP contribution in [0, 0.1) is 0 Å².